The molecule has 0 radical (unpaired) electrons. The molecule has 1 N–H and O–H groups in total. The Morgan fingerprint density at radius 2 is 2.02 bits per heavy atom. The molecule has 49 heavy (non-hydrogen) atoms. The Morgan fingerprint density at radius 3 is 2.71 bits per heavy atom. The van der Waals surface area contributed by atoms with Crippen molar-refractivity contribution in [3.63, 3.8) is 0 Å². The number of hydrogen-bond donors (Lipinski definition) is 1. The average Bonchev–Trinajstić information content (AvgIpc) is 3.58. The van der Waals surface area contributed by atoms with Crippen LogP contribution in [0.3, 0.4) is 0 Å². The van der Waals surface area contributed by atoms with Crippen LogP contribution in [-0.4, -0.2) is 55.3 Å². The number of halogens is 2. The van der Waals surface area contributed by atoms with Gasteiger partial charge < -0.3 is 24.3 Å². The van der Waals surface area contributed by atoms with Crippen molar-refractivity contribution >= 4 is 59.3 Å². The van der Waals surface area contributed by atoms with Gasteiger partial charge in [0.1, 0.15) is 48.5 Å². The molecule has 2 aliphatic rings. The number of nitriles is 1. The van der Waals surface area contributed by atoms with Crippen molar-refractivity contribution in [2.45, 2.75) is 56.9 Å². The van der Waals surface area contributed by atoms with Crippen LogP contribution in [0.2, 0.25) is 5.02 Å². The monoisotopic (exact) mass is 725 g/mol. The van der Waals surface area contributed by atoms with Gasteiger partial charge in [0.2, 0.25) is 8.87 Å². The Hall–Kier alpha value is -3.93. The molecule has 4 aromatic rings. The molecule has 0 aliphatic carbocycles. The van der Waals surface area contributed by atoms with Gasteiger partial charge in [-0.3, -0.25) is 9.78 Å². The largest absolute Gasteiger partial charge is 0.490 e. The lowest BCUT2D eigenvalue weighted by atomic mass is 10.00. The van der Waals surface area contributed by atoms with E-state index in [1.165, 1.54) is 18.3 Å². The van der Waals surface area contributed by atoms with Crippen LogP contribution in [0.5, 0.6) is 11.5 Å². The molecule has 0 spiro atoms. The summed E-state index contributed by atoms with van der Waals surface area (Å²) in [6.45, 7) is 4.27. The lowest BCUT2D eigenvalue weighted by Gasteiger charge is -2.19. The summed E-state index contributed by atoms with van der Waals surface area (Å²) in [6, 6.07) is 16.8. The molecular weight excluding hydrogens is 693 g/mol. The lowest BCUT2D eigenvalue weighted by Crippen LogP contribution is -2.25. The highest BCUT2D eigenvalue weighted by atomic mass is 35.5. The number of ether oxygens (including phenoxy) is 4. The van der Waals surface area contributed by atoms with Crippen molar-refractivity contribution in [1.29, 1.82) is 5.26 Å². The Kier molecular flexibility index (Phi) is 10.3. The van der Waals surface area contributed by atoms with E-state index >= 15 is 0 Å². The number of benzene rings is 3. The maximum atomic E-state index is 13.6. The Morgan fingerprint density at radius 1 is 1.18 bits per heavy atom. The number of hydrogen-bond acceptors (Lipinski definition) is 11. The molecule has 256 valence electrons. The number of aromatic nitrogens is 1. The highest BCUT2D eigenvalue weighted by Gasteiger charge is 2.34. The first kappa shape index (κ1) is 34.9. The third kappa shape index (κ3) is 8.81. The summed E-state index contributed by atoms with van der Waals surface area (Å²) < 4.78 is 61.1. The molecular formula is C35H33ClFN3O7S2. The van der Waals surface area contributed by atoms with E-state index in [0.29, 0.717) is 63.0 Å². The van der Waals surface area contributed by atoms with Gasteiger partial charge in [-0.2, -0.15) is 5.26 Å². The van der Waals surface area contributed by atoms with E-state index in [1.54, 1.807) is 42.5 Å². The third-order valence-corrected chi connectivity index (χ3v) is 12.2. The van der Waals surface area contributed by atoms with Crippen LogP contribution < -0.4 is 14.8 Å². The van der Waals surface area contributed by atoms with Crippen LogP contribution in [-0.2, 0) is 36.2 Å². The molecule has 0 amide bonds. The number of anilines is 2. The SMILES string of the molecule is CC1(C)OC[C@@H](COc2cc3ncc(C#N)c(Nc4ccc(OCc5cccc(F)c5)c(Cl)c4)c3cc2CC(=O)CC2CCS(=O)(=O)S2)O1. The summed E-state index contributed by atoms with van der Waals surface area (Å²) in [5.74, 6) is -0.360. The number of carbonyl (C=O) groups excluding carboxylic acids is 1. The number of ketones is 1. The second kappa shape index (κ2) is 14.5. The summed E-state index contributed by atoms with van der Waals surface area (Å²) >= 11 is 6.55. The number of rotatable bonds is 12. The van der Waals surface area contributed by atoms with Gasteiger partial charge in [0.05, 0.1) is 34.1 Å². The number of fused-ring (bicyclic) bond motifs is 1. The van der Waals surface area contributed by atoms with Gasteiger partial charge in [0.25, 0.3) is 0 Å². The molecule has 2 fully saturated rings. The van der Waals surface area contributed by atoms with E-state index in [0.717, 1.165) is 10.8 Å². The smallest absolute Gasteiger partial charge is 0.201 e. The summed E-state index contributed by atoms with van der Waals surface area (Å²) in [5, 5.41) is 13.9. The highest BCUT2D eigenvalue weighted by molar-refractivity contribution is 8.72. The summed E-state index contributed by atoms with van der Waals surface area (Å²) in [6.07, 6.45) is 1.63. The maximum Gasteiger partial charge on any atom is 0.201 e. The van der Waals surface area contributed by atoms with Crippen LogP contribution in [0.15, 0.2) is 60.8 Å². The van der Waals surface area contributed by atoms with E-state index < -0.39 is 14.7 Å². The fraction of sp³-hybridized carbons (Fsp3) is 0.343. The Bertz CT molecular complexity index is 2060. The first-order valence-electron chi connectivity index (χ1n) is 15.5. The molecule has 14 heteroatoms. The van der Waals surface area contributed by atoms with Crippen molar-refractivity contribution in [1.82, 2.24) is 4.98 Å². The van der Waals surface area contributed by atoms with Gasteiger partial charge in [-0.25, -0.2) is 12.8 Å². The van der Waals surface area contributed by atoms with Crippen molar-refractivity contribution in [3.05, 3.63) is 88.3 Å². The van der Waals surface area contributed by atoms with Crippen molar-refractivity contribution in [2.24, 2.45) is 0 Å². The fourth-order valence-corrected chi connectivity index (χ4v) is 9.92. The van der Waals surface area contributed by atoms with Gasteiger partial charge in [0, 0.05) is 47.0 Å². The van der Waals surface area contributed by atoms with E-state index in [2.05, 4.69) is 16.4 Å². The zero-order valence-corrected chi connectivity index (χ0v) is 29.1. The van der Waals surface area contributed by atoms with Gasteiger partial charge in [-0.15, -0.1) is 0 Å². The zero-order valence-electron chi connectivity index (χ0n) is 26.7. The predicted octanol–water partition coefficient (Wildman–Crippen LogP) is 7.09. The molecule has 1 unspecified atom stereocenters. The van der Waals surface area contributed by atoms with Gasteiger partial charge >= 0.3 is 0 Å². The molecule has 3 heterocycles. The van der Waals surface area contributed by atoms with Gasteiger partial charge in [0.15, 0.2) is 5.79 Å². The minimum Gasteiger partial charge on any atom is -0.490 e. The second-order valence-corrected chi connectivity index (χ2v) is 17.2. The molecule has 0 saturated carbocycles. The minimum absolute atomic E-state index is 0.0186. The van der Waals surface area contributed by atoms with E-state index in [4.69, 9.17) is 30.5 Å². The summed E-state index contributed by atoms with van der Waals surface area (Å²) in [5.41, 5.74) is 2.98. The van der Waals surface area contributed by atoms with Crippen molar-refractivity contribution < 1.29 is 36.6 Å². The van der Waals surface area contributed by atoms with E-state index in [9.17, 15) is 22.9 Å². The fourth-order valence-electron chi connectivity index (χ4n) is 5.67. The van der Waals surface area contributed by atoms with Gasteiger partial charge in [-0.1, -0.05) is 23.7 Å². The molecule has 0 bridgehead atoms. The van der Waals surface area contributed by atoms with E-state index in [-0.39, 0.29) is 60.3 Å². The average molecular weight is 726 g/mol. The molecule has 3 aromatic carbocycles. The number of nitrogens with zero attached hydrogens (tertiary/aromatic N) is 2. The van der Waals surface area contributed by atoms with Crippen LogP contribution in [0.25, 0.3) is 10.9 Å². The number of carbonyl (C=O) groups is 1. The molecule has 6 rings (SSSR count). The number of nitrogens with one attached hydrogen (secondary N) is 1. The van der Waals surface area contributed by atoms with Crippen LogP contribution in [0, 0.1) is 17.1 Å². The Labute approximate surface area is 292 Å². The maximum absolute atomic E-state index is 13.6. The number of Topliss-reactive ketones (excluding diaryl/α,β-unsaturated/α-hetero) is 1. The van der Waals surface area contributed by atoms with Crippen LogP contribution in [0.1, 0.15) is 43.4 Å². The number of pyridine rings is 1. The molecule has 2 atom stereocenters. The quantitative estimate of drug-likeness (QED) is 0.150. The van der Waals surface area contributed by atoms with Crippen molar-refractivity contribution in [2.75, 3.05) is 24.3 Å². The van der Waals surface area contributed by atoms with Gasteiger partial charge in [-0.05, 0) is 73.0 Å². The van der Waals surface area contributed by atoms with Crippen LogP contribution in [0.4, 0.5) is 15.8 Å². The molecule has 10 nitrogen and oxygen atoms in total. The Balaban J connectivity index is 1.28. The molecule has 1 aromatic heterocycles. The third-order valence-electron chi connectivity index (χ3n) is 7.96. The molecule has 2 aliphatic heterocycles. The first-order chi connectivity index (χ1) is 23.4. The second-order valence-electron chi connectivity index (χ2n) is 12.3. The zero-order chi connectivity index (χ0) is 34.8. The van der Waals surface area contributed by atoms with E-state index in [1.807, 2.05) is 13.8 Å². The summed E-state index contributed by atoms with van der Waals surface area (Å²) in [4.78, 5) is 17.8. The predicted molar refractivity (Wildman–Crippen MR) is 185 cm³/mol. The summed E-state index contributed by atoms with van der Waals surface area (Å²) in [7, 11) is -2.36. The normalized spacial score (nSPS) is 19.4. The lowest BCUT2D eigenvalue weighted by molar-refractivity contribution is -0.141. The topological polar surface area (TPSA) is 137 Å². The first-order valence-corrected chi connectivity index (χ1v) is 19.0. The standard InChI is InChI=1S/C35H33ClFN3O7S2/c1-35(2)46-20-27(47-35)19-45-33-15-31-29(12-22(33)11-26(41)14-28-8-9-49(42,43)48-28)34(23(16-38)17-39-31)40-25-6-7-32(30(36)13-25)44-18-21-4-3-5-24(37)10-21/h3-7,10,12-13,15,17,27-28H,8-9,11,14,18-20H2,1-2H3,(H,39,40)/t27-,28?/m1/s1. The minimum atomic E-state index is -3.21. The van der Waals surface area contributed by atoms with Crippen molar-refractivity contribution in [3.8, 4) is 17.6 Å². The molecule has 2 saturated heterocycles. The van der Waals surface area contributed by atoms with Crippen LogP contribution >= 0.6 is 22.4 Å². The highest BCUT2D eigenvalue weighted by Crippen LogP contribution is 2.38.